The summed E-state index contributed by atoms with van der Waals surface area (Å²) in [5.74, 6) is 0.883. The standard InChI is InChI=1S/C14H28N2O/c1-5-6-12(15)13(17)16-9-7-11(8-10-16)14(2,3)4/h11-12H,5-10,15H2,1-4H3. The first-order valence-corrected chi connectivity index (χ1v) is 6.90. The van der Waals surface area contributed by atoms with Gasteiger partial charge in [-0.2, -0.15) is 0 Å². The maximum Gasteiger partial charge on any atom is 0.239 e. The molecular formula is C14H28N2O. The lowest BCUT2D eigenvalue weighted by Gasteiger charge is -2.39. The monoisotopic (exact) mass is 240 g/mol. The molecule has 0 saturated carbocycles. The van der Waals surface area contributed by atoms with Crippen LogP contribution in [0.2, 0.25) is 0 Å². The van der Waals surface area contributed by atoms with E-state index in [1.807, 2.05) is 4.90 Å². The fourth-order valence-electron chi connectivity index (χ4n) is 2.63. The highest BCUT2D eigenvalue weighted by Gasteiger charge is 2.31. The third-order valence-electron chi connectivity index (χ3n) is 3.95. The van der Waals surface area contributed by atoms with Gasteiger partial charge in [-0.1, -0.05) is 34.1 Å². The minimum atomic E-state index is -0.286. The molecular weight excluding hydrogens is 212 g/mol. The van der Waals surface area contributed by atoms with Crippen molar-refractivity contribution in [3.8, 4) is 0 Å². The molecule has 0 spiro atoms. The van der Waals surface area contributed by atoms with Gasteiger partial charge >= 0.3 is 0 Å². The van der Waals surface area contributed by atoms with E-state index in [-0.39, 0.29) is 11.9 Å². The lowest BCUT2D eigenvalue weighted by molar-refractivity contribution is -0.134. The average Bonchev–Trinajstić information content (AvgIpc) is 2.27. The fraction of sp³-hybridized carbons (Fsp3) is 0.929. The Hall–Kier alpha value is -0.570. The van der Waals surface area contributed by atoms with Gasteiger partial charge in [0.2, 0.25) is 5.91 Å². The number of rotatable bonds is 3. The summed E-state index contributed by atoms with van der Waals surface area (Å²) in [5.41, 5.74) is 6.25. The van der Waals surface area contributed by atoms with E-state index in [2.05, 4.69) is 27.7 Å². The van der Waals surface area contributed by atoms with Crippen LogP contribution >= 0.6 is 0 Å². The lowest BCUT2D eigenvalue weighted by atomic mass is 9.75. The second kappa shape index (κ2) is 5.85. The molecule has 1 rings (SSSR count). The van der Waals surface area contributed by atoms with Gasteiger partial charge in [0.15, 0.2) is 0 Å². The van der Waals surface area contributed by atoms with E-state index in [4.69, 9.17) is 5.73 Å². The van der Waals surface area contributed by atoms with Gasteiger partial charge in [-0.25, -0.2) is 0 Å². The van der Waals surface area contributed by atoms with Crippen molar-refractivity contribution in [2.75, 3.05) is 13.1 Å². The molecule has 0 bridgehead atoms. The first kappa shape index (κ1) is 14.5. The molecule has 1 heterocycles. The minimum Gasteiger partial charge on any atom is -0.341 e. The number of carbonyl (C=O) groups excluding carboxylic acids is 1. The maximum atomic E-state index is 12.0. The van der Waals surface area contributed by atoms with Crippen LogP contribution in [0, 0.1) is 11.3 Å². The molecule has 0 aromatic heterocycles. The van der Waals surface area contributed by atoms with Crippen LogP contribution < -0.4 is 5.73 Å². The maximum absolute atomic E-state index is 12.0. The zero-order chi connectivity index (χ0) is 13.1. The van der Waals surface area contributed by atoms with Crippen LogP contribution in [-0.2, 0) is 4.79 Å². The number of amides is 1. The number of piperidine rings is 1. The second-order valence-corrected chi connectivity index (χ2v) is 6.36. The Labute approximate surface area is 106 Å². The summed E-state index contributed by atoms with van der Waals surface area (Å²) in [6.07, 6.45) is 4.02. The number of hydrogen-bond donors (Lipinski definition) is 1. The van der Waals surface area contributed by atoms with E-state index in [0.29, 0.717) is 5.41 Å². The van der Waals surface area contributed by atoms with Crippen LogP contribution in [0.1, 0.15) is 53.4 Å². The predicted molar refractivity (Wildman–Crippen MR) is 71.6 cm³/mol. The average molecular weight is 240 g/mol. The summed E-state index contributed by atoms with van der Waals surface area (Å²) in [6.45, 7) is 10.7. The zero-order valence-corrected chi connectivity index (χ0v) is 11.8. The van der Waals surface area contributed by atoms with Gasteiger partial charge in [0, 0.05) is 13.1 Å². The summed E-state index contributed by atoms with van der Waals surface area (Å²) in [4.78, 5) is 14.0. The van der Waals surface area contributed by atoms with Gasteiger partial charge in [0.1, 0.15) is 0 Å². The molecule has 1 aliphatic heterocycles. The quantitative estimate of drug-likeness (QED) is 0.823. The number of nitrogens with zero attached hydrogens (tertiary/aromatic N) is 1. The van der Waals surface area contributed by atoms with E-state index in [1.165, 1.54) is 0 Å². The van der Waals surface area contributed by atoms with E-state index < -0.39 is 0 Å². The highest BCUT2D eigenvalue weighted by Crippen LogP contribution is 2.34. The molecule has 100 valence electrons. The molecule has 0 aromatic carbocycles. The van der Waals surface area contributed by atoms with Gasteiger partial charge < -0.3 is 10.6 Å². The van der Waals surface area contributed by atoms with E-state index in [0.717, 1.165) is 44.7 Å². The lowest BCUT2D eigenvalue weighted by Crippen LogP contribution is -2.48. The van der Waals surface area contributed by atoms with Gasteiger partial charge in [0.05, 0.1) is 6.04 Å². The van der Waals surface area contributed by atoms with Crippen molar-refractivity contribution in [2.24, 2.45) is 17.1 Å². The summed E-state index contributed by atoms with van der Waals surface area (Å²) < 4.78 is 0. The molecule has 1 unspecified atom stereocenters. The summed E-state index contributed by atoms with van der Waals surface area (Å²) in [6, 6.07) is -0.286. The summed E-state index contributed by atoms with van der Waals surface area (Å²) in [5, 5.41) is 0. The molecule has 0 aromatic rings. The Morgan fingerprint density at radius 1 is 1.35 bits per heavy atom. The number of carbonyl (C=O) groups is 1. The van der Waals surface area contributed by atoms with Crippen LogP contribution in [0.15, 0.2) is 0 Å². The molecule has 1 amide bonds. The molecule has 1 saturated heterocycles. The van der Waals surface area contributed by atoms with Crippen molar-refractivity contribution in [3.05, 3.63) is 0 Å². The SMILES string of the molecule is CCCC(N)C(=O)N1CCC(C(C)(C)C)CC1. The Balaban J connectivity index is 2.44. The fourth-order valence-corrected chi connectivity index (χ4v) is 2.63. The molecule has 2 N–H and O–H groups in total. The molecule has 1 atom stereocenters. The van der Waals surface area contributed by atoms with Crippen molar-refractivity contribution < 1.29 is 4.79 Å². The van der Waals surface area contributed by atoms with Crippen LogP contribution in [0.5, 0.6) is 0 Å². The molecule has 17 heavy (non-hydrogen) atoms. The second-order valence-electron chi connectivity index (χ2n) is 6.36. The summed E-state index contributed by atoms with van der Waals surface area (Å²) in [7, 11) is 0. The molecule has 3 nitrogen and oxygen atoms in total. The van der Waals surface area contributed by atoms with Crippen molar-refractivity contribution in [1.29, 1.82) is 0 Å². The predicted octanol–water partition coefficient (Wildman–Crippen LogP) is 2.40. The third kappa shape index (κ3) is 3.98. The normalized spacial score (nSPS) is 20.4. The van der Waals surface area contributed by atoms with Crippen LogP contribution in [0.3, 0.4) is 0 Å². The van der Waals surface area contributed by atoms with Gasteiger partial charge in [-0.05, 0) is 30.6 Å². The van der Waals surface area contributed by atoms with Gasteiger partial charge in [-0.15, -0.1) is 0 Å². The highest BCUT2D eigenvalue weighted by atomic mass is 16.2. The zero-order valence-electron chi connectivity index (χ0n) is 11.8. The first-order valence-electron chi connectivity index (χ1n) is 6.90. The van der Waals surface area contributed by atoms with Crippen molar-refractivity contribution >= 4 is 5.91 Å². The number of hydrogen-bond acceptors (Lipinski definition) is 2. The number of likely N-dealkylation sites (tertiary alicyclic amines) is 1. The van der Waals surface area contributed by atoms with E-state index >= 15 is 0 Å². The van der Waals surface area contributed by atoms with Gasteiger partial charge in [-0.3, -0.25) is 4.79 Å². The van der Waals surface area contributed by atoms with E-state index in [1.54, 1.807) is 0 Å². The van der Waals surface area contributed by atoms with Crippen molar-refractivity contribution in [1.82, 2.24) is 4.90 Å². The Kier molecular flexibility index (Phi) is 4.99. The molecule has 0 radical (unpaired) electrons. The van der Waals surface area contributed by atoms with Gasteiger partial charge in [0.25, 0.3) is 0 Å². The molecule has 1 aliphatic rings. The van der Waals surface area contributed by atoms with Crippen molar-refractivity contribution in [2.45, 2.75) is 59.4 Å². The topological polar surface area (TPSA) is 46.3 Å². The van der Waals surface area contributed by atoms with Crippen LogP contribution in [0.25, 0.3) is 0 Å². The number of nitrogens with two attached hydrogens (primary N) is 1. The molecule has 0 aliphatic carbocycles. The van der Waals surface area contributed by atoms with Crippen LogP contribution in [-0.4, -0.2) is 29.9 Å². The Bertz CT molecular complexity index is 249. The highest BCUT2D eigenvalue weighted by molar-refractivity contribution is 5.81. The molecule has 3 heteroatoms. The minimum absolute atomic E-state index is 0.152. The first-order chi connectivity index (χ1) is 7.86. The van der Waals surface area contributed by atoms with E-state index in [9.17, 15) is 4.79 Å². The summed E-state index contributed by atoms with van der Waals surface area (Å²) >= 11 is 0. The smallest absolute Gasteiger partial charge is 0.239 e. The Morgan fingerprint density at radius 2 is 1.88 bits per heavy atom. The Morgan fingerprint density at radius 3 is 2.29 bits per heavy atom. The van der Waals surface area contributed by atoms with Crippen molar-refractivity contribution in [3.63, 3.8) is 0 Å². The van der Waals surface area contributed by atoms with Crippen LogP contribution in [0.4, 0.5) is 0 Å². The molecule has 1 fully saturated rings. The largest absolute Gasteiger partial charge is 0.341 e. The third-order valence-corrected chi connectivity index (χ3v) is 3.95.